The smallest absolute Gasteiger partial charge is 0.261 e. The van der Waals surface area contributed by atoms with Crippen LogP contribution in [0.2, 0.25) is 0 Å². The van der Waals surface area contributed by atoms with Crippen molar-refractivity contribution in [3.8, 4) is 5.75 Å². The minimum absolute atomic E-state index is 0.00294. The van der Waals surface area contributed by atoms with Gasteiger partial charge in [-0.25, -0.2) is 0 Å². The molecule has 0 spiro atoms. The molecule has 0 aliphatic carbocycles. The molecule has 0 atom stereocenters. The molecule has 0 bridgehead atoms. The van der Waals surface area contributed by atoms with Crippen molar-refractivity contribution in [2.45, 2.75) is 13.5 Å². The summed E-state index contributed by atoms with van der Waals surface area (Å²) in [5.41, 5.74) is 8.50. The molecule has 0 unspecified atom stereocenters. The molecule has 0 aromatic heterocycles. The van der Waals surface area contributed by atoms with Crippen LogP contribution in [0.15, 0.2) is 42.5 Å². The van der Waals surface area contributed by atoms with Gasteiger partial charge in [-0.1, -0.05) is 18.2 Å². The van der Waals surface area contributed by atoms with Crippen LogP contribution in [0, 0.1) is 6.92 Å². The average molecular weight is 270 g/mol. The molecule has 2 rings (SSSR count). The van der Waals surface area contributed by atoms with Crippen LogP contribution in [0.3, 0.4) is 0 Å². The summed E-state index contributed by atoms with van der Waals surface area (Å²) in [5.74, 6) is -0.256. The molecule has 2 aromatic rings. The number of amides is 1. The first kappa shape index (κ1) is 14.1. The van der Waals surface area contributed by atoms with E-state index in [1.807, 2.05) is 31.2 Å². The van der Waals surface area contributed by atoms with Crippen molar-refractivity contribution < 1.29 is 9.90 Å². The molecule has 0 heterocycles. The van der Waals surface area contributed by atoms with Crippen LogP contribution in [0.4, 0.5) is 5.69 Å². The molecule has 4 nitrogen and oxygen atoms in total. The van der Waals surface area contributed by atoms with Gasteiger partial charge < -0.3 is 15.7 Å². The first-order chi connectivity index (χ1) is 9.52. The normalized spacial score (nSPS) is 10.3. The summed E-state index contributed by atoms with van der Waals surface area (Å²) in [6.07, 6.45) is 0. The largest absolute Gasteiger partial charge is 0.507 e. The fourth-order valence-corrected chi connectivity index (χ4v) is 2.01. The number of phenolic OH excluding ortho intramolecular Hbond substituents is 1. The molecule has 0 saturated carbocycles. The van der Waals surface area contributed by atoms with Gasteiger partial charge in [-0.15, -0.1) is 0 Å². The Morgan fingerprint density at radius 1 is 1.25 bits per heavy atom. The third kappa shape index (κ3) is 2.81. The van der Waals surface area contributed by atoms with Crippen LogP contribution in [-0.2, 0) is 6.54 Å². The van der Waals surface area contributed by atoms with E-state index in [0.717, 1.165) is 16.8 Å². The minimum Gasteiger partial charge on any atom is -0.507 e. The van der Waals surface area contributed by atoms with Crippen LogP contribution in [-0.4, -0.2) is 18.1 Å². The number of hydrogen-bond donors (Lipinski definition) is 2. The Bertz CT molecular complexity index is 638. The molecule has 104 valence electrons. The van der Waals surface area contributed by atoms with Gasteiger partial charge in [-0.2, -0.15) is 0 Å². The highest BCUT2D eigenvalue weighted by atomic mass is 16.3. The second-order valence-electron chi connectivity index (χ2n) is 4.76. The van der Waals surface area contributed by atoms with E-state index in [0.29, 0.717) is 6.54 Å². The summed E-state index contributed by atoms with van der Waals surface area (Å²) in [5, 5.41) is 9.89. The lowest BCUT2D eigenvalue weighted by atomic mass is 10.1. The van der Waals surface area contributed by atoms with Gasteiger partial charge in [0.05, 0.1) is 5.56 Å². The van der Waals surface area contributed by atoms with Crippen molar-refractivity contribution in [3.05, 3.63) is 59.2 Å². The zero-order chi connectivity index (χ0) is 14.7. The Morgan fingerprint density at radius 3 is 2.65 bits per heavy atom. The highest BCUT2D eigenvalue weighted by Crippen LogP contribution is 2.23. The summed E-state index contributed by atoms with van der Waals surface area (Å²) in [6, 6.07) is 12.5. The molecular weight excluding hydrogens is 252 g/mol. The standard InChI is InChI=1S/C16H18N2O2/c1-11-6-7-14(15(19)8-11)16(20)18(2)13-5-3-4-12(9-13)10-17/h3-9,19H,10,17H2,1-2H3. The first-order valence-corrected chi connectivity index (χ1v) is 6.39. The Morgan fingerprint density at radius 2 is 2.00 bits per heavy atom. The number of nitrogens with two attached hydrogens (primary N) is 1. The molecule has 0 aliphatic heterocycles. The summed E-state index contributed by atoms with van der Waals surface area (Å²) in [6.45, 7) is 2.29. The van der Waals surface area contributed by atoms with E-state index in [1.54, 1.807) is 25.2 Å². The van der Waals surface area contributed by atoms with Crippen molar-refractivity contribution in [2.75, 3.05) is 11.9 Å². The lowest BCUT2D eigenvalue weighted by molar-refractivity contribution is 0.0990. The molecule has 4 heteroatoms. The van der Waals surface area contributed by atoms with E-state index < -0.39 is 0 Å². The van der Waals surface area contributed by atoms with Gasteiger partial charge in [0.25, 0.3) is 5.91 Å². The van der Waals surface area contributed by atoms with Crippen LogP contribution in [0.25, 0.3) is 0 Å². The summed E-state index contributed by atoms with van der Waals surface area (Å²) in [4.78, 5) is 13.9. The molecule has 2 aromatic carbocycles. The number of aromatic hydroxyl groups is 1. The number of carbonyl (C=O) groups excluding carboxylic acids is 1. The van der Waals surface area contributed by atoms with E-state index in [1.165, 1.54) is 4.90 Å². The van der Waals surface area contributed by atoms with E-state index in [2.05, 4.69) is 0 Å². The maximum Gasteiger partial charge on any atom is 0.261 e. The predicted molar refractivity (Wildman–Crippen MR) is 79.9 cm³/mol. The topological polar surface area (TPSA) is 66.6 Å². The van der Waals surface area contributed by atoms with Gasteiger partial charge in [0.15, 0.2) is 0 Å². The Kier molecular flexibility index (Phi) is 4.05. The quantitative estimate of drug-likeness (QED) is 0.900. The van der Waals surface area contributed by atoms with E-state index >= 15 is 0 Å². The second-order valence-corrected chi connectivity index (χ2v) is 4.76. The zero-order valence-corrected chi connectivity index (χ0v) is 11.6. The van der Waals surface area contributed by atoms with Crippen molar-refractivity contribution in [2.24, 2.45) is 5.73 Å². The summed E-state index contributed by atoms with van der Waals surface area (Å²) in [7, 11) is 1.68. The van der Waals surface area contributed by atoms with Crippen molar-refractivity contribution in [3.63, 3.8) is 0 Å². The molecule has 1 amide bonds. The molecule has 0 fully saturated rings. The third-order valence-electron chi connectivity index (χ3n) is 3.22. The van der Waals surface area contributed by atoms with E-state index in [4.69, 9.17) is 5.73 Å². The number of aryl methyl sites for hydroxylation is 1. The fraction of sp³-hybridized carbons (Fsp3) is 0.188. The number of phenols is 1. The third-order valence-corrected chi connectivity index (χ3v) is 3.22. The predicted octanol–water partition coefficient (Wildman–Crippen LogP) is 2.44. The summed E-state index contributed by atoms with van der Waals surface area (Å²) < 4.78 is 0. The van der Waals surface area contributed by atoms with Gasteiger partial charge in [0.1, 0.15) is 5.75 Å². The number of anilines is 1. The monoisotopic (exact) mass is 270 g/mol. The number of nitrogens with zero attached hydrogens (tertiary/aromatic N) is 1. The van der Waals surface area contributed by atoms with Crippen molar-refractivity contribution in [1.29, 1.82) is 0 Å². The maximum absolute atomic E-state index is 12.4. The van der Waals surface area contributed by atoms with Crippen LogP contribution >= 0.6 is 0 Å². The van der Waals surface area contributed by atoms with Gasteiger partial charge >= 0.3 is 0 Å². The van der Waals surface area contributed by atoms with Crippen LogP contribution in [0.5, 0.6) is 5.75 Å². The van der Waals surface area contributed by atoms with Gasteiger partial charge in [-0.05, 0) is 42.3 Å². The highest BCUT2D eigenvalue weighted by Gasteiger charge is 2.17. The number of carbonyl (C=O) groups is 1. The second kappa shape index (κ2) is 5.75. The number of hydrogen-bond acceptors (Lipinski definition) is 3. The van der Waals surface area contributed by atoms with Crippen LogP contribution < -0.4 is 10.6 Å². The fourth-order valence-electron chi connectivity index (χ4n) is 2.01. The lowest BCUT2D eigenvalue weighted by Gasteiger charge is -2.19. The Hall–Kier alpha value is -2.33. The van der Waals surface area contributed by atoms with Gasteiger partial charge in [-0.3, -0.25) is 4.79 Å². The summed E-state index contributed by atoms with van der Waals surface area (Å²) >= 11 is 0. The van der Waals surface area contributed by atoms with Crippen LogP contribution in [0.1, 0.15) is 21.5 Å². The van der Waals surface area contributed by atoms with Gasteiger partial charge in [0.2, 0.25) is 0 Å². The molecule has 20 heavy (non-hydrogen) atoms. The number of rotatable bonds is 3. The number of benzene rings is 2. The van der Waals surface area contributed by atoms with E-state index in [-0.39, 0.29) is 17.2 Å². The first-order valence-electron chi connectivity index (χ1n) is 6.39. The molecule has 0 aliphatic rings. The average Bonchev–Trinajstić information content (AvgIpc) is 2.46. The zero-order valence-electron chi connectivity index (χ0n) is 11.6. The minimum atomic E-state index is -0.253. The van der Waals surface area contributed by atoms with Gasteiger partial charge in [0, 0.05) is 19.3 Å². The van der Waals surface area contributed by atoms with Crippen molar-refractivity contribution in [1.82, 2.24) is 0 Å². The lowest BCUT2D eigenvalue weighted by Crippen LogP contribution is -2.26. The molecular formula is C16H18N2O2. The van der Waals surface area contributed by atoms with E-state index in [9.17, 15) is 9.90 Å². The Labute approximate surface area is 118 Å². The SMILES string of the molecule is Cc1ccc(C(=O)N(C)c2cccc(CN)c2)c(O)c1. The highest BCUT2D eigenvalue weighted by molar-refractivity contribution is 6.07. The molecule has 0 saturated heterocycles. The maximum atomic E-state index is 12.4. The Balaban J connectivity index is 2.32. The van der Waals surface area contributed by atoms with Crippen molar-refractivity contribution >= 4 is 11.6 Å². The molecule has 3 N–H and O–H groups in total. The molecule has 0 radical (unpaired) electrons.